The predicted octanol–water partition coefficient (Wildman–Crippen LogP) is 2.74. The number of carbonyl (C=O) groups excluding carboxylic acids is 1. The summed E-state index contributed by atoms with van der Waals surface area (Å²) in [4.78, 5) is 11.2. The second-order valence-corrected chi connectivity index (χ2v) is 3.22. The molecule has 0 spiro atoms. The van der Waals surface area contributed by atoms with E-state index in [9.17, 15) is 13.6 Å². The van der Waals surface area contributed by atoms with E-state index in [-0.39, 0.29) is 19.0 Å². The van der Waals surface area contributed by atoms with Crippen LogP contribution in [-0.2, 0) is 15.5 Å². The van der Waals surface area contributed by atoms with E-state index in [1.165, 1.54) is 19.1 Å². The Morgan fingerprint density at radius 3 is 2.47 bits per heavy atom. The minimum Gasteiger partial charge on any atom is -0.493 e. The molecule has 0 amide bonds. The number of rotatable bonds is 5. The monoisotopic (exact) mass is 244 g/mol. The van der Waals surface area contributed by atoms with Gasteiger partial charge in [-0.2, -0.15) is 8.78 Å². The lowest BCUT2D eigenvalue weighted by Crippen LogP contribution is -2.28. The zero-order chi connectivity index (χ0) is 12.9. The molecule has 0 heterocycles. The van der Waals surface area contributed by atoms with E-state index in [4.69, 9.17) is 4.74 Å². The Balaban J connectivity index is 3.08. The minimum atomic E-state index is -3.69. The van der Waals surface area contributed by atoms with Gasteiger partial charge in [-0.25, -0.2) is 4.79 Å². The average Bonchev–Trinajstić information content (AvgIpc) is 2.30. The van der Waals surface area contributed by atoms with Gasteiger partial charge in [-0.3, -0.25) is 0 Å². The fourth-order valence-electron chi connectivity index (χ4n) is 1.34. The van der Waals surface area contributed by atoms with E-state index < -0.39 is 17.5 Å². The number of alkyl halides is 2. The van der Waals surface area contributed by atoms with Gasteiger partial charge < -0.3 is 9.47 Å². The van der Waals surface area contributed by atoms with Crippen LogP contribution in [0.15, 0.2) is 24.3 Å². The van der Waals surface area contributed by atoms with Crippen LogP contribution in [-0.4, -0.2) is 19.2 Å². The molecule has 0 N–H and O–H groups in total. The molecule has 94 valence electrons. The molecule has 0 aromatic heterocycles. The molecule has 0 fully saturated rings. The Labute approximate surface area is 98.3 Å². The number of hydrogen-bond donors (Lipinski definition) is 0. The largest absolute Gasteiger partial charge is 0.493 e. The van der Waals surface area contributed by atoms with Crippen LogP contribution in [0.1, 0.15) is 19.4 Å². The summed E-state index contributed by atoms with van der Waals surface area (Å²) in [5.41, 5.74) is -0.472. The van der Waals surface area contributed by atoms with E-state index >= 15 is 0 Å². The number of benzene rings is 1. The van der Waals surface area contributed by atoms with Crippen LogP contribution >= 0.6 is 0 Å². The highest BCUT2D eigenvalue weighted by Gasteiger charge is 2.44. The molecule has 0 saturated heterocycles. The van der Waals surface area contributed by atoms with Gasteiger partial charge in [-0.1, -0.05) is 12.1 Å². The smallest absolute Gasteiger partial charge is 0.382 e. The van der Waals surface area contributed by atoms with Gasteiger partial charge in [0.2, 0.25) is 0 Å². The maximum atomic E-state index is 13.8. The van der Waals surface area contributed by atoms with Gasteiger partial charge in [0.15, 0.2) is 0 Å². The van der Waals surface area contributed by atoms with E-state index in [1.54, 1.807) is 13.0 Å². The fourth-order valence-corrected chi connectivity index (χ4v) is 1.34. The second kappa shape index (κ2) is 5.61. The zero-order valence-electron chi connectivity index (χ0n) is 9.70. The maximum Gasteiger partial charge on any atom is 0.382 e. The molecule has 3 nitrogen and oxygen atoms in total. The number of hydrogen-bond acceptors (Lipinski definition) is 3. The van der Waals surface area contributed by atoms with Crippen molar-refractivity contribution in [1.29, 1.82) is 0 Å². The molecule has 1 aromatic rings. The summed E-state index contributed by atoms with van der Waals surface area (Å²) in [6.45, 7) is 3.31. The minimum absolute atomic E-state index is 0.00643. The summed E-state index contributed by atoms with van der Waals surface area (Å²) in [5.74, 6) is -5.26. The van der Waals surface area contributed by atoms with Gasteiger partial charge in [0.05, 0.1) is 18.8 Å². The second-order valence-electron chi connectivity index (χ2n) is 3.22. The predicted molar refractivity (Wildman–Crippen MR) is 58.1 cm³/mol. The quantitative estimate of drug-likeness (QED) is 0.747. The highest BCUT2D eigenvalue weighted by Crippen LogP contribution is 2.35. The lowest BCUT2D eigenvalue weighted by Gasteiger charge is -2.18. The van der Waals surface area contributed by atoms with Crippen molar-refractivity contribution in [3.63, 3.8) is 0 Å². The third-order valence-electron chi connectivity index (χ3n) is 2.06. The summed E-state index contributed by atoms with van der Waals surface area (Å²) >= 11 is 0. The number of para-hydroxylation sites is 1. The fraction of sp³-hybridized carbons (Fsp3) is 0.417. The van der Waals surface area contributed by atoms with Gasteiger partial charge in [0.25, 0.3) is 0 Å². The van der Waals surface area contributed by atoms with Crippen LogP contribution in [0.3, 0.4) is 0 Å². The Bertz CT molecular complexity index is 391. The standard InChI is InChI=1S/C12H14F2O3/c1-3-16-10-8-6-5-7-9(10)12(13,14)11(15)17-4-2/h5-8H,3-4H2,1-2H3. The van der Waals surface area contributed by atoms with Crippen LogP contribution < -0.4 is 4.74 Å². The van der Waals surface area contributed by atoms with Gasteiger partial charge in [0.1, 0.15) is 5.75 Å². The highest BCUT2D eigenvalue weighted by atomic mass is 19.3. The van der Waals surface area contributed by atoms with Crippen LogP contribution in [0.5, 0.6) is 5.75 Å². The molecule has 0 radical (unpaired) electrons. The molecule has 0 atom stereocenters. The Morgan fingerprint density at radius 2 is 1.88 bits per heavy atom. The summed E-state index contributed by atoms with van der Waals surface area (Å²) in [6, 6.07) is 5.54. The molecule has 17 heavy (non-hydrogen) atoms. The Kier molecular flexibility index (Phi) is 4.43. The van der Waals surface area contributed by atoms with E-state index in [0.717, 1.165) is 6.07 Å². The topological polar surface area (TPSA) is 35.5 Å². The molecule has 0 bridgehead atoms. The first kappa shape index (κ1) is 13.4. The van der Waals surface area contributed by atoms with Crippen LogP contribution in [0.4, 0.5) is 8.78 Å². The van der Waals surface area contributed by atoms with Crippen LogP contribution in [0.2, 0.25) is 0 Å². The molecule has 1 rings (SSSR count). The van der Waals surface area contributed by atoms with Crippen molar-refractivity contribution in [1.82, 2.24) is 0 Å². The molecular formula is C12H14F2O3. The summed E-state index contributed by atoms with van der Waals surface area (Å²) in [6.07, 6.45) is 0. The van der Waals surface area contributed by atoms with Gasteiger partial charge in [-0.15, -0.1) is 0 Å². The van der Waals surface area contributed by atoms with Gasteiger partial charge >= 0.3 is 11.9 Å². The van der Waals surface area contributed by atoms with E-state index in [1.807, 2.05) is 0 Å². The van der Waals surface area contributed by atoms with Crippen molar-refractivity contribution in [3.05, 3.63) is 29.8 Å². The van der Waals surface area contributed by atoms with Gasteiger partial charge in [0, 0.05) is 0 Å². The SMILES string of the molecule is CCOC(=O)C(F)(F)c1ccccc1OCC. The molecule has 1 aromatic carbocycles. The molecule has 0 aliphatic heterocycles. The third kappa shape index (κ3) is 2.93. The number of halogens is 2. The summed E-state index contributed by atoms with van der Waals surface area (Å²) in [5, 5.41) is 0. The first-order valence-corrected chi connectivity index (χ1v) is 5.31. The lowest BCUT2D eigenvalue weighted by atomic mass is 10.1. The van der Waals surface area contributed by atoms with Gasteiger partial charge in [-0.05, 0) is 26.0 Å². The lowest BCUT2D eigenvalue weighted by molar-refractivity contribution is -0.173. The van der Waals surface area contributed by atoms with Crippen molar-refractivity contribution in [2.24, 2.45) is 0 Å². The van der Waals surface area contributed by atoms with Crippen molar-refractivity contribution >= 4 is 5.97 Å². The molecule has 5 heteroatoms. The number of ether oxygens (including phenoxy) is 2. The highest BCUT2D eigenvalue weighted by molar-refractivity contribution is 5.80. The summed E-state index contributed by atoms with van der Waals surface area (Å²) in [7, 11) is 0. The molecule has 0 aliphatic rings. The van der Waals surface area contributed by atoms with E-state index in [0.29, 0.717) is 0 Å². The zero-order valence-corrected chi connectivity index (χ0v) is 9.70. The van der Waals surface area contributed by atoms with Crippen molar-refractivity contribution < 1.29 is 23.0 Å². The summed E-state index contributed by atoms with van der Waals surface area (Å²) < 4.78 is 36.9. The average molecular weight is 244 g/mol. The number of esters is 1. The maximum absolute atomic E-state index is 13.8. The molecular weight excluding hydrogens is 230 g/mol. The van der Waals surface area contributed by atoms with Crippen LogP contribution in [0.25, 0.3) is 0 Å². The van der Waals surface area contributed by atoms with Crippen LogP contribution in [0, 0.1) is 0 Å². The van der Waals surface area contributed by atoms with Crippen molar-refractivity contribution in [3.8, 4) is 5.75 Å². The Morgan fingerprint density at radius 1 is 1.24 bits per heavy atom. The molecule has 0 aliphatic carbocycles. The first-order valence-electron chi connectivity index (χ1n) is 5.31. The Hall–Kier alpha value is -1.65. The number of carbonyl (C=O) groups is 1. The normalized spacial score (nSPS) is 11.1. The molecule has 0 unspecified atom stereocenters. The third-order valence-corrected chi connectivity index (χ3v) is 2.06. The van der Waals surface area contributed by atoms with E-state index in [2.05, 4.69) is 4.74 Å². The molecule has 0 saturated carbocycles. The van der Waals surface area contributed by atoms with Crippen molar-refractivity contribution in [2.75, 3.05) is 13.2 Å². The first-order chi connectivity index (χ1) is 8.04. The van der Waals surface area contributed by atoms with Crippen molar-refractivity contribution in [2.45, 2.75) is 19.8 Å².